The minimum Gasteiger partial charge on any atom is -0.369 e. The summed E-state index contributed by atoms with van der Waals surface area (Å²) < 4.78 is 14.8. The number of nitrogens with zero attached hydrogens (tertiary/aromatic N) is 2. The Morgan fingerprint density at radius 2 is 2.25 bits per heavy atom. The Balaban J connectivity index is 1.91. The minimum atomic E-state index is -0.924. The Bertz CT molecular complexity index is 908. The highest BCUT2D eigenvalue weighted by molar-refractivity contribution is 5.89. The van der Waals surface area contributed by atoms with Crippen LogP contribution in [-0.2, 0) is 10.2 Å². The summed E-state index contributed by atoms with van der Waals surface area (Å²) >= 11 is 0. The average Bonchev–Trinajstić information content (AvgIpc) is 3.21. The topological polar surface area (TPSA) is 84.7 Å². The van der Waals surface area contributed by atoms with Gasteiger partial charge < -0.3 is 5.73 Å². The maximum Gasteiger partial charge on any atom is 0.228 e. The van der Waals surface area contributed by atoms with E-state index >= 15 is 0 Å². The number of carbonyl (C=O) groups is 1. The van der Waals surface area contributed by atoms with Crippen molar-refractivity contribution in [3.8, 4) is 0 Å². The zero-order valence-electron chi connectivity index (χ0n) is 13.0. The third kappa shape index (κ3) is 2.02. The molecule has 1 aliphatic carbocycles. The van der Waals surface area contributed by atoms with Crippen LogP contribution in [-0.4, -0.2) is 21.1 Å². The lowest BCUT2D eigenvalue weighted by Gasteiger charge is -2.33. The number of aromatic nitrogens is 3. The quantitative estimate of drug-likeness (QED) is 0.777. The van der Waals surface area contributed by atoms with Crippen molar-refractivity contribution in [3.63, 3.8) is 0 Å². The third-order valence-corrected chi connectivity index (χ3v) is 5.21. The highest BCUT2D eigenvalue weighted by Crippen LogP contribution is 2.51. The number of benzene rings is 1. The first-order valence-electron chi connectivity index (χ1n) is 7.96. The van der Waals surface area contributed by atoms with Gasteiger partial charge in [-0.15, -0.1) is 0 Å². The molecule has 0 saturated heterocycles. The van der Waals surface area contributed by atoms with E-state index in [4.69, 9.17) is 5.73 Å². The second-order valence-corrected chi connectivity index (χ2v) is 6.35. The molecule has 1 aliphatic rings. The number of hydrogen-bond acceptors (Lipinski definition) is 3. The van der Waals surface area contributed by atoms with Gasteiger partial charge in [-0.25, -0.2) is 4.39 Å². The zero-order valence-corrected chi connectivity index (χ0v) is 13.0. The molecule has 2 unspecified atom stereocenters. The summed E-state index contributed by atoms with van der Waals surface area (Å²) in [5.74, 6) is -1.07. The Morgan fingerprint density at radius 3 is 3.00 bits per heavy atom. The summed E-state index contributed by atoms with van der Waals surface area (Å²) in [7, 11) is 0. The molecule has 1 amide bonds. The van der Waals surface area contributed by atoms with E-state index in [1.54, 1.807) is 30.7 Å². The van der Waals surface area contributed by atoms with Gasteiger partial charge in [-0.3, -0.25) is 14.9 Å². The summed E-state index contributed by atoms with van der Waals surface area (Å²) in [5, 5.41) is 7.53. The SMILES string of the molecule is NC(=O)C1(c2cccnc2)CCCC1c1cc2cn[nH]c2cc1F. The van der Waals surface area contributed by atoms with Gasteiger partial charge in [0.2, 0.25) is 5.91 Å². The van der Waals surface area contributed by atoms with Gasteiger partial charge in [0.25, 0.3) is 0 Å². The number of nitrogens with one attached hydrogen (secondary N) is 1. The number of primary amides is 1. The number of nitrogens with two attached hydrogens (primary N) is 1. The van der Waals surface area contributed by atoms with Crippen molar-refractivity contribution >= 4 is 16.8 Å². The van der Waals surface area contributed by atoms with Crippen LogP contribution in [0.2, 0.25) is 0 Å². The van der Waals surface area contributed by atoms with Crippen LogP contribution in [0.4, 0.5) is 4.39 Å². The summed E-state index contributed by atoms with van der Waals surface area (Å²) in [6.45, 7) is 0. The molecule has 4 rings (SSSR count). The average molecular weight is 324 g/mol. The van der Waals surface area contributed by atoms with Gasteiger partial charge in [0.15, 0.2) is 0 Å². The van der Waals surface area contributed by atoms with Crippen LogP contribution < -0.4 is 5.73 Å². The van der Waals surface area contributed by atoms with E-state index in [-0.39, 0.29) is 11.7 Å². The van der Waals surface area contributed by atoms with E-state index in [0.29, 0.717) is 23.9 Å². The first kappa shape index (κ1) is 14.8. The standard InChI is InChI=1S/C18H17FN4O/c19-15-8-16-11(9-22-23-16)7-13(15)14-4-1-5-18(14,17(20)24)12-3-2-6-21-10-12/h2-3,6-10,14H,1,4-5H2,(H2,20,24)(H,22,23). The molecule has 2 aromatic heterocycles. The molecule has 3 N–H and O–H groups in total. The first-order valence-corrected chi connectivity index (χ1v) is 7.96. The van der Waals surface area contributed by atoms with Gasteiger partial charge in [0.1, 0.15) is 5.82 Å². The van der Waals surface area contributed by atoms with Crippen molar-refractivity contribution in [1.82, 2.24) is 15.2 Å². The Labute approximate surface area is 138 Å². The van der Waals surface area contributed by atoms with Gasteiger partial charge in [-0.05, 0) is 42.2 Å². The largest absolute Gasteiger partial charge is 0.369 e. The molecule has 122 valence electrons. The maximum atomic E-state index is 14.8. The number of rotatable bonds is 3. The van der Waals surface area contributed by atoms with Gasteiger partial charge in [-0.2, -0.15) is 5.10 Å². The molecule has 1 aromatic carbocycles. The molecule has 0 radical (unpaired) electrons. The molecule has 0 spiro atoms. The molecule has 3 aromatic rings. The molecule has 0 bridgehead atoms. The third-order valence-electron chi connectivity index (χ3n) is 5.21. The van der Waals surface area contributed by atoms with Crippen LogP contribution in [0.5, 0.6) is 0 Å². The number of fused-ring (bicyclic) bond motifs is 1. The van der Waals surface area contributed by atoms with Crippen LogP contribution in [0.15, 0.2) is 42.9 Å². The number of aromatic amines is 1. The van der Waals surface area contributed by atoms with Crippen molar-refractivity contribution in [2.24, 2.45) is 5.73 Å². The van der Waals surface area contributed by atoms with Crippen molar-refractivity contribution in [1.29, 1.82) is 0 Å². The second kappa shape index (κ2) is 5.40. The van der Waals surface area contributed by atoms with Crippen molar-refractivity contribution in [2.45, 2.75) is 30.6 Å². The first-order chi connectivity index (χ1) is 11.6. The molecule has 5 nitrogen and oxygen atoms in total. The Kier molecular flexibility index (Phi) is 3.33. The normalized spacial score (nSPS) is 23.6. The lowest BCUT2D eigenvalue weighted by atomic mass is 9.69. The fraction of sp³-hybridized carbons (Fsp3) is 0.278. The highest BCUT2D eigenvalue weighted by Gasteiger charge is 2.50. The number of halogens is 1. The van der Waals surface area contributed by atoms with E-state index in [2.05, 4.69) is 15.2 Å². The van der Waals surface area contributed by atoms with Gasteiger partial charge in [-0.1, -0.05) is 12.5 Å². The molecular weight excluding hydrogens is 307 g/mol. The van der Waals surface area contributed by atoms with Crippen LogP contribution in [0.3, 0.4) is 0 Å². The van der Waals surface area contributed by atoms with Gasteiger partial charge >= 0.3 is 0 Å². The zero-order chi connectivity index (χ0) is 16.7. The second-order valence-electron chi connectivity index (χ2n) is 6.35. The molecule has 1 fully saturated rings. The van der Waals surface area contributed by atoms with E-state index in [9.17, 15) is 9.18 Å². The molecule has 2 atom stereocenters. The number of amides is 1. The van der Waals surface area contributed by atoms with Crippen LogP contribution in [0.1, 0.15) is 36.3 Å². The lowest BCUT2D eigenvalue weighted by molar-refractivity contribution is -0.124. The highest BCUT2D eigenvalue weighted by atomic mass is 19.1. The van der Waals surface area contributed by atoms with Crippen molar-refractivity contribution < 1.29 is 9.18 Å². The van der Waals surface area contributed by atoms with Crippen LogP contribution in [0.25, 0.3) is 10.9 Å². The fourth-order valence-electron chi connectivity index (χ4n) is 4.09. The van der Waals surface area contributed by atoms with E-state index in [1.165, 1.54) is 6.07 Å². The van der Waals surface area contributed by atoms with Crippen molar-refractivity contribution in [2.75, 3.05) is 0 Å². The summed E-state index contributed by atoms with van der Waals surface area (Å²) in [6.07, 6.45) is 7.09. The molecular formula is C18H17FN4O. The van der Waals surface area contributed by atoms with Crippen molar-refractivity contribution in [3.05, 3.63) is 59.8 Å². The summed E-state index contributed by atoms with van der Waals surface area (Å²) in [4.78, 5) is 16.6. The van der Waals surface area contributed by atoms with E-state index in [1.807, 2.05) is 6.07 Å². The molecule has 6 heteroatoms. The summed E-state index contributed by atoms with van der Waals surface area (Å²) in [5.41, 5.74) is 6.82. The van der Waals surface area contributed by atoms with Gasteiger partial charge in [0, 0.05) is 23.7 Å². The molecule has 1 saturated carbocycles. The van der Waals surface area contributed by atoms with Crippen LogP contribution in [0, 0.1) is 5.82 Å². The number of pyridine rings is 1. The lowest BCUT2D eigenvalue weighted by Crippen LogP contribution is -2.43. The smallest absolute Gasteiger partial charge is 0.228 e. The molecule has 24 heavy (non-hydrogen) atoms. The Morgan fingerprint density at radius 1 is 1.38 bits per heavy atom. The Hall–Kier alpha value is -2.76. The summed E-state index contributed by atoms with van der Waals surface area (Å²) in [6, 6.07) is 6.85. The van der Waals surface area contributed by atoms with E-state index in [0.717, 1.165) is 17.4 Å². The number of hydrogen-bond donors (Lipinski definition) is 2. The van der Waals surface area contributed by atoms with Crippen LogP contribution >= 0.6 is 0 Å². The monoisotopic (exact) mass is 324 g/mol. The molecule has 2 heterocycles. The fourth-order valence-corrected chi connectivity index (χ4v) is 4.09. The van der Waals surface area contributed by atoms with Gasteiger partial charge in [0.05, 0.1) is 17.1 Å². The predicted molar refractivity (Wildman–Crippen MR) is 87.8 cm³/mol. The minimum absolute atomic E-state index is 0.307. The predicted octanol–water partition coefficient (Wildman–Crippen LogP) is 2.79. The van der Waals surface area contributed by atoms with E-state index < -0.39 is 11.3 Å². The maximum absolute atomic E-state index is 14.8. The molecule has 0 aliphatic heterocycles. The number of carbonyl (C=O) groups excluding carboxylic acids is 1. The number of H-pyrrole nitrogens is 1.